The molecule has 0 N–H and O–H groups in total. The number of ether oxygens (including phenoxy) is 2. The Bertz CT molecular complexity index is 551. The molecule has 6 heteroatoms. The molecule has 6 nitrogen and oxygen atoms in total. The molecular formula is C17H23N3O3. The van der Waals surface area contributed by atoms with Crippen molar-refractivity contribution in [1.82, 2.24) is 14.9 Å². The van der Waals surface area contributed by atoms with Crippen molar-refractivity contribution < 1.29 is 14.3 Å². The zero-order valence-corrected chi connectivity index (χ0v) is 13.3. The molecule has 0 spiro atoms. The van der Waals surface area contributed by atoms with Gasteiger partial charge in [-0.1, -0.05) is 6.08 Å². The number of aromatic nitrogens is 2. The van der Waals surface area contributed by atoms with Crippen molar-refractivity contribution >= 4 is 5.91 Å². The zero-order valence-electron chi connectivity index (χ0n) is 13.3. The minimum Gasteiger partial charge on any atom is -0.377 e. The van der Waals surface area contributed by atoms with E-state index < -0.39 is 0 Å². The zero-order chi connectivity index (χ0) is 16.1. The van der Waals surface area contributed by atoms with Crippen LogP contribution >= 0.6 is 0 Å². The Kier molecular flexibility index (Phi) is 5.03. The number of hydrogen-bond acceptors (Lipinski definition) is 5. The maximum absolute atomic E-state index is 12.7. The van der Waals surface area contributed by atoms with E-state index in [2.05, 4.69) is 16.5 Å². The summed E-state index contributed by atoms with van der Waals surface area (Å²) in [5.74, 6) is -0.0646. The molecule has 2 saturated heterocycles. The molecule has 2 aliphatic heterocycles. The van der Waals surface area contributed by atoms with E-state index in [0.29, 0.717) is 32.0 Å². The summed E-state index contributed by atoms with van der Waals surface area (Å²) in [4.78, 5) is 22.7. The number of piperidine rings is 1. The van der Waals surface area contributed by atoms with Gasteiger partial charge in [0.15, 0.2) is 0 Å². The van der Waals surface area contributed by atoms with Gasteiger partial charge in [-0.05, 0) is 19.3 Å². The first-order valence-corrected chi connectivity index (χ1v) is 8.11. The Hall–Kier alpha value is -1.79. The second-order valence-electron chi connectivity index (χ2n) is 6.24. The largest absolute Gasteiger partial charge is 0.377 e. The van der Waals surface area contributed by atoms with Gasteiger partial charge < -0.3 is 14.4 Å². The predicted molar refractivity (Wildman–Crippen MR) is 85.0 cm³/mol. The topological polar surface area (TPSA) is 64.6 Å². The number of carbonyl (C=O) groups is 1. The molecule has 1 amide bonds. The van der Waals surface area contributed by atoms with Gasteiger partial charge in [-0.15, -0.1) is 6.58 Å². The van der Waals surface area contributed by atoms with Crippen LogP contribution in [0.5, 0.6) is 0 Å². The lowest BCUT2D eigenvalue weighted by atomic mass is 9.73. The maximum atomic E-state index is 12.7. The number of likely N-dealkylation sites (tertiary alicyclic amines) is 1. The third-order valence-electron chi connectivity index (χ3n) is 4.68. The third kappa shape index (κ3) is 3.43. The van der Waals surface area contributed by atoms with Gasteiger partial charge in [-0.3, -0.25) is 9.78 Å². The molecule has 3 rings (SSSR count). The van der Waals surface area contributed by atoms with Crippen molar-refractivity contribution in [3.05, 3.63) is 36.9 Å². The molecule has 0 radical (unpaired) electrons. The monoisotopic (exact) mass is 317 g/mol. The van der Waals surface area contributed by atoms with Crippen LogP contribution in [0.3, 0.4) is 0 Å². The first kappa shape index (κ1) is 16.1. The minimum absolute atomic E-state index is 0.0646. The van der Waals surface area contributed by atoms with E-state index in [1.54, 1.807) is 18.5 Å². The van der Waals surface area contributed by atoms with Gasteiger partial charge in [-0.25, -0.2) is 4.98 Å². The highest BCUT2D eigenvalue weighted by Gasteiger charge is 2.47. The molecule has 2 atom stereocenters. The van der Waals surface area contributed by atoms with Crippen LogP contribution in [0.4, 0.5) is 0 Å². The Morgan fingerprint density at radius 1 is 1.57 bits per heavy atom. The van der Waals surface area contributed by atoms with Crippen LogP contribution in [0.15, 0.2) is 31.2 Å². The van der Waals surface area contributed by atoms with Crippen molar-refractivity contribution in [3.8, 4) is 0 Å². The number of amides is 1. The van der Waals surface area contributed by atoms with Crippen molar-refractivity contribution in [2.75, 3.05) is 32.9 Å². The number of nitrogens with zero attached hydrogens (tertiary/aromatic N) is 3. The van der Waals surface area contributed by atoms with Crippen molar-refractivity contribution in [3.63, 3.8) is 0 Å². The quantitative estimate of drug-likeness (QED) is 0.611. The molecule has 1 aromatic rings. The molecule has 0 saturated carbocycles. The van der Waals surface area contributed by atoms with Gasteiger partial charge in [-0.2, -0.15) is 0 Å². The van der Waals surface area contributed by atoms with Crippen LogP contribution in [0, 0.1) is 5.41 Å². The van der Waals surface area contributed by atoms with E-state index in [4.69, 9.17) is 9.47 Å². The first-order valence-electron chi connectivity index (χ1n) is 8.11. The van der Waals surface area contributed by atoms with Crippen LogP contribution in [0.2, 0.25) is 0 Å². The Balaban J connectivity index is 1.75. The van der Waals surface area contributed by atoms with E-state index >= 15 is 0 Å². The smallest absolute Gasteiger partial charge is 0.274 e. The SMILES string of the molecule is C=CCOC[C@@]12CCCO[C@@H]1CCN(C(=O)c1cnccn1)C2. The molecule has 23 heavy (non-hydrogen) atoms. The summed E-state index contributed by atoms with van der Waals surface area (Å²) >= 11 is 0. The molecule has 1 aromatic heterocycles. The number of carbonyl (C=O) groups excluding carboxylic acids is 1. The highest BCUT2D eigenvalue weighted by molar-refractivity contribution is 5.92. The Morgan fingerprint density at radius 2 is 2.48 bits per heavy atom. The van der Waals surface area contributed by atoms with Crippen LogP contribution in [-0.2, 0) is 9.47 Å². The van der Waals surface area contributed by atoms with Crippen LogP contribution in [0.25, 0.3) is 0 Å². The predicted octanol–water partition coefficient (Wildman–Crippen LogP) is 1.69. The number of fused-ring (bicyclic) bond motifs is 1. The summed E-state index contributed by atoms with van der Waals surface area (Å²) in [6, 6.07) is 0. The molecule has 2 fully saturated rings. The summed E-state index contributed by atoms with van der Waals surface area (Å²) in [5.41, 5.74) is 0.266. The summed E-state index contributed by atoms with van der Waals surface area (Å²) in [6.07, 6.45) is 9.40. The van der Waals surface area contributed by atoms with Gasteiger partial charge in [0.1, 0.15) is 5.69 Å². The number of rotatable bonds is 5. The lowest BCUT2D eigenvalue weighted by Crippen LogP contribution is -2.58. The lowest BCUT2D eigenvalue weighted by Gasteiger charge is -2.50. The van der Waals surface area contributed by atoms with E-state index in [9.17, 15) is 4.79 Å². The molecule has 3 heterocycles. The summed E-state index contributed by atoms with van der Waals surface area (Å²) in [5, 5.41) is 0. The van der Waals surface area contributed by atoms with Gasteiger partial charge in [0, 0.05) is 37.5 Å². The normalized spacial score (nSPS) is 27.3. The van der Waals surface area contributed by atoms with Gasteiger partial charge >= 0.3 is 0 Å². The van der Waals surface area contributed by atoms with E-state index in [1.807, 2.05) is 4.90 Å². The maximum Gasteiger partial charge on any atom is 0.274 e. The highest BCUT2D eigenvalue weighted by atomic mass is 16.5. The highest BCUT2D eigenvalue weighted by Crippen LogP contribution is 2.40. The minimum atomic E-state index is -0.128. The third-order valence-corrected chi connectivity index (χ3v) is 4.68. The molecule has 0 unspecified atom stereocenters. The van der Waals surface area contributed by atoms with E-state index in [1.165, 1.54) is 6.20 Å². The fraction of sp³-hybridized carbons (Fsp3) is 0.588. The van der Waals surface area contributed by atoms with Gasteiger partial charge in [0.2, 0.25) is 0 Å². The summed E-state index contributed by atoms with van der Waals surface area (Å²) in [7, 11) is 0. The summed E-state index contributed by atoms with van der Waals surface area (Å²) in [6.45, 7) is 6.93. The Labute approximate surface area is 136 Å². The molecule has 0 bridgehead atoms. The van der Waals surface area contributed by atoms with Gasteiger partial charge in [0.05, 0.1) is 25.5 Å². The first-order chi connectivity index (χ1) is 11.2. The van der Waals surface area contributed by atoms with Crippen LogP contribution < -0.4 is 0 Å². The molecule has 0 aliphatic carbocycles. The summed E-state index contributed by atoms with van der Waals surface area (Å²) < 4.78 is 11.7. The van der Waals surface area contributed by atoms with Crippen LogP contribution in [0.1, 0.15) is 29.8 Å². The van der Waals surface area contributed by atoms with Gasteiger partial charge in [0.25, 0.3) is 5.91 Å². The van der Waals surface area contributed by atoms with E-state index in [-0.39, 0.29) is 17.4 Å². The average molecular weight is 317 g/mol. The van der Waals surface area contributed by atoms with Crippen molar-refractivity contribution in [1.29, 1.82) is 0 Å². The standard InChI is InChI=1S/C17H23N3O3/c1-2-9-22-13-17-5-3-10-23-15(17)4-8-20(12-17)16(21)14-11-18-6-7-19-14/h2,6-7,11,15H,1,3-5,8-10,12-13H2/t15-,17+/m1/s1. The van der Waals surface area contributed by atoms with Crippen molar-refractivity contribution in [2.45, 2.75) is 25.4 Å². The fourth-order valence-corrected chi connectivity index (χ4v) is 3.59. The molecule has 124 valence electrons. The second-order valence-corrected chi connectivity index (χ2v) is 6.24. The number of hydrogen-bond donors (Lipinski definition) is 0. The average Bonchev–Trinajstić information content (AvgIpc) is 2.61. The van der Waals surface area contributed by atoms with Crippen molar-refractivity contribution in [2.24, 2.45) is 5.41 Å². The second kappa shape index (κ2) is 7.19. The molecular weight excluding hydrogens is 294 g/mol. The molecule has 0 aromatic carbocycles. The van der Waals surface area contributed by atoms with E-state index in [0.717, 1.165) is 25.9 Å². The van der Waals surface area contributed by atoms with Crippen LogP contribution in [-0.4, -0.2) is 59.8 Å². The Morgan fingerprint density at radius 3 is 3.26 bits per heavy atom. The lowest BCUT2D eigenvalue weighted by molar-refractivity contribution is -0.144. The molecule has 2 aliphatic rings. The fourth-order valence-electron chi connectivity index (χ4n) is 3.59.